The molecule has 0 aromatic heterocycles. The molecule has 1 aromatic rings. The summed E-state index contributed by atoms with van der Waals surface area (Å²) in [5.74, 6) is 0.530. The van der Waals surface area contributed by atoms with E-state index in [2.05, 4.69) is 11.9 Å². The largest absolute Gasteiger partial charge is 0.459 e. The fourth-order valence-electron chi connectivity index (χ4n) is 2.27. The van der Waals surface area contributed by atoms with E-state index in [1.165, 1.54) is 18.4 Å². The molecule has 0 aliphatic carbocycles. The van der Waals surface area contributed by atoms with Gasteiger partial charge in [0, 0.05) is 0 Å². The van der Waals surface area contributed by atoms with E-state index in [0.29, 0.717) is 5.92 Å². The summed E-state index contributed by atoms with van der Waals surface area (Å²) in [5.41, 5.74) is 1.23. The molecule has 1 unspecified atom stereocenters. The molecule has 1 nitrogen and oxygen atoms in total. The van der Waals surface area contributed by atoms with Gasteiger partial charge in [0.2, 0.25) is 0 Å². The van der Waals surface area contributed by atoms with E-state index >= 15 is 0 Å². The maximum atomic E-state index is 12.7. The summed E-state index contributed by atoms with van der Waals surface area (Å²) in [5, 5.41) is 0. The van der Waals surface area contributed by atoms with Crippen LogP contribution in [0.3, 0.4) is 0 Å². The van der Waals surface area contributed by atoms with Gasteiger partial charge in [0.25, 0.3) is 0 Å². The van der Waals surface area contributed by atoms with Crippen LogP contribution in [0.4, 0.5) is 4.39 Å². The van der Waals surface area contributed by atoms with Crippen LogP contribution in [-0.4, -0.2) is 18.0 Å². The zero-order chi connectivity index (χ0) is 10.7. The SMILES string of the molecule is [CH2-]N1CCCC(Cc2ccc(F)cc2)C1. The van der Waals surface area contributed by atoms with Crippen LogP contribution in [0, 0.1) is 18.8 Å². The molecule has 1 fully saturated rings. The van der Waals surface area contributed by atoms with Crippen molar-refractivity contribution in [3.8, 4) is 0 Å². The monoisotopic (exact) mass is 206 g/mol. The van der Waals surface area contributed by atoms with Crippen molar-refractivity contribution in [1.82, 2.24) is 4.90 Å². The van der Waals surface area contributed by atoms with Crippen molar-refractivity contribution in [2.45, 2.75) is 19.3 Å². The molecule has 15 heavy (non-hydrogen) atoms. The molecule has 1 aliphatic rings. The van der Waals surface area contributed by atoms with E-state index < -0.39 is 0 Å². The number of rotatable bonds is 2. The summed E-state index contributed by atoms with van der Waals surface area (Å²) in [4.78, 5) is 2.14. The molecule has 0 amide bonds. The molecule has 0 N–H and O–H groups in total. The molecule has 2 rings (SSSR count). The first-order chi connectivity index (χ1) is 7.24. The third kappa shape index (κ3) is 3.03. The number of likely N-dealkylation sites (tertiary alicyclic amines) is 1. The molecule has 0 saturated carbocycles. The Morgan fingerprint density at radius 1 is 1.33 bits per heavy atom. The van der Waals surface area contributed by atoms with Crippen LogP contribution in [-0.2, 0) is 6.42 Å². The van der Waals surface area contributed by atoms with E-state index in [4.69, 9.17) is 0 Å². The van der Waals surface area contributed by atoms with Crippen molar-refractivity contribution in [3.05, 3.63) is 42.7 Å². The van der Waals surface area contributed by atoms with Crippen LogP contribution in [0.1, 0.15) is 18.4 Å². The Morgan fingerprint density at radius 3 is 2.73 bits per heavy atom. The number of hydrogen-bond acceptors (Lipinski definition) is 1. The summed E-state index contributed by atoms with van der Waals surface area (Å²) in [6.07, 6.45) is 3.55. The van der Waals surface area contributed by atoms with E-state index in [9.17, 15) is 4.39 Å². The topological polar surface area (TPSA) is 3.24 Å². The van der Waals surface area contributed by atoms with Crippen LogP contribution in [0.15, 0.2) is 24.3 Å². The highest BCUT2D eigenvalue weighted by molar-refractivity contribution is 5.16. The minimum absolute atomic E-state index is 0.152. The van der Waals surface area contributed by atoms with Gasteiger partial charge in [0.15, 0.2) is 0 Å². The Hall–Kier alpha value is -0.890. The first-order valence-corrected chi connectivity index (χ1v) is 5.54. The average Bonchev–Trinajstić information content (AvgIpc) is 2.22. The fraction of sp³-hybridized carbons (Fsp3) is 0.462. The molecule has 1 saturated heterocycles. The molecule has 0 bridgehead atoms. The lowest BCUT2D eigenvalue weighted by Crippen LogP contribution is -2.31. The number of halogens is 1. The average molecular weight is 206 g/mol. The maximum Gasteiger partial charge on any atom is 0.123 e. The quantitative estimate of drug-likeness (QED) is 0.672. The van der Waals surface area contributed by atoms with E-state index in [-0.39, 0.29) is 5.82 Å². The van der Waals surface area contributed by atoms with Crippen LogP contribution in [0.25, 0.3) is 0 Å². The lowest BCUT2D eigenvalue weighted by Gasteiger charge is -2.35. The van der Waals surface area contributed by atoms with Crippen molar-refractivity contribution < 1.29 is 4.39 Å². The fourth-order valence-corrected chi connectivity index (χ4v) is 2.27. The summed E-state index contributed by atoms with van der Waals surface area (Å²) in [6.45, 7) is 2.18. The van der Waals surface area contributed by atoms with E-state index in [1.54, 1.807) is 12.1 Å². The number of benzene rings is 1. The highest BCUT2D eigenvalue weighted by Crippen LogP contribution is 2.20. The summed E-state index contributed by atoms with van der Waals surface area (Å²) >= 11 is 0. The van der Waals surface area contributed by atoms with Gasteiger partial charge in [-0.3, -0.25) is 7.05 Å². The second-order valence-electron chi connectivity index (χ2n) is 4.42. The van der Waals surface area contributed by atoms with Gasteiger partial charge >= 0.3 is 0 Å². The number of hydrogen-bond donors (Lipinski definition) is 0. The Bertz CT molecular complexity index is 307. The third-order valence-electron chi connectivity index (χ3n) is 3.04. The van der Waals surface area contributed by atoms with Crippen LogP contribution in [0.5, 0.6) is 0 Å². The van der Waals surface area contributed by atoms with Gasteiger partial charge in [-0.2, -0.15) is 0 Å². The van der Waals surface area contributed by atoms with Crippen molar-refractivity contribution in [3.63, 3.8) is 0 Å². The van der Waals surface area contributed by atoms with Crippen LogP contribution < -0.4 is 0 Å². The minimum atomic E-state index is -0.152. The standard InChI is InChI=1S/C13H17FN/c1-15-8-2-3-12(10-15)9-11-4-6-13(14)7-5-11/h4-7,12H,1-3,8-10H2/q-1. The Morgan fingerprint density at radius 2 is 2.07 bits per heavy atom. The molecule has 1 heterocycles. The van der Waals surface area contributed by atoms with Crippen molar-refractivity contribution >= 4 is 0 Å². The van der Waals surface area contributed by atoms with Gasteiger partial charge in [-0.05, 0) is 56.0 Å². The first-order valence-electron chi connectivity index (χ1n) is 5.54. The molecule has 1 aromatic carbocycles. The van der Waals surface area contributed by atoms with Gasteiger partial charge in [-0.15, -0.1) is 0 Å². The molecule has 0 spiro atoms. The Balaban J connectivity index is 1.93. The molecule has 0 radical (unpaired) electrons. The minimum Gasteiger partial charge on any atom is -0.459 e. The highest BCUT2D eigenvalue weighted by atomic mass is 19.1. The highest BCUT2D eigenvalue weighted by Gasteiger charge is 2.14. The van der Waals surface area contributed by atoms with Crippen molar-refractivity contribution in [1.29, 1.82) is 0 Å². The van der Waals surface area contributed by atoms with E-state index in [0.717, 1.165) is 19.5 Å². The van der Waals surface area contributed by atoms with Crippen molar-refractivity contribution in [2.24, 2.45) is 5.92 Å². The van der Waals surface area contributed by atoms with Gasteiger partial charge in [-0.1, -0.05) is 12.1 Å². The van der Waals surface area contributed by atoms with E-state index in [1.807, 2.05) is 12.1 Å². The maximum absolute atomic E-state index is 12.7. The van der Waals surface area contributed by atoms with Gasteiger partial charge in [0.1, 0.15) is 5.82 Å². The lowest BCUT2D eigenvalue weighted by molar-refractivity contribution is 0.230. The normalized spacial score (nSPS) is 22.9. The Labute approximate surface area is 90.9 Å². The summed E-state index contributed by atoms with van der Waals surface area (Å²) in [6, 6.07) is 6.86. The van der Waals surface area contributed by atoms with Crippen molar-refractivity contribution in [2.75, 3.05) is 13.1 Å². The van der Waals surface area contributed by atoms with Crippen LogP contribution in [0.2, 0.25) is 0 Å². The third-order valence-corrected chi connectivity index (χ3v) is 3.04. The smallest absolute Gasteiger partial charge is 0.123 e. The molecule has 1 aliphatic heterocycles. The zero-order valence-corrected chi connectivity index (χ0v) is 8.95. The van der Waals surface area contributed by atoms with Gasteiger partial charge in [0.05, 0.1) is 0 Å². The number of piperidine rings is 1. The van der Waals surface area contributed by atoms with Gasteiger partial charge < -0.3 is 4.90 Å². The molecule has 1 atom stereocenters. The first kappa shape index (κ1) is 10.6. The summed E-state index contributed by atoms with van der Waals surface area (Å²) < 4.78 is 12.7. The number of nitrogens with zero attached hydrogens (tertiary/aromatic N) is 1. The molecule has 82 valence electrons. The molecular formula is C13H17FN-. The Kier molecular flexibility index (Phi) is 3.37. The second kappa shape index (κ2) is 4.75. The van der Waals surface area contributed by atoms with Crippen LogP contribution >= 0.6 is 0 Å². The lowest BCUT2D eigenvalue weighted by atomic mass is 9.91. The molecular weight excluding hydrogens is 189 g/mol. The predicted octanol–water partition coefficient (Wildman–Crippen LogP) is 2.87. The van der Waals surface area contributed by atoms with Gasteiger partial charge in [-0.25, -0.2) is 4.39 Å². The summed E-state index contributed by atoms with van der Waals surface area (Å²) in [7, 11) is 3.98. The second-order valence-corrected chi connectivity index (χ2v) is 4.42. The molecule has 2 heteroatoms. The zero-order valence-electron chi connectivity index (χ0n) is 8.95. The predicted molar refractivity (Wildman–Crippen MR) is 59.8 cm³/mol.